The number of aliphatic hydroxyl groups is 4. The molecule has 0 aliphatic heterocycles. The number of para-hydroxylation sites is 1. The molecule has 620 valence electrons. The molecular weight excluding hydrogens is 2150 g/mol. The van der Waals surface area contributed by atoms with Gasteiger partial charge in [0, 0.05) is 124 Å². The summed E-state index contributed by atoms with van der Waals surface area (Å²) in [5, 5.41) is 37.5. The Morgan fingerprint density at radius 1 is 0.345 bits per heavy atom. The Morgan fingerprint density at radius 2 is 0.603 bits per heavy atom. The summed E-state index contributed by atoms with van der Waals surface area (Å²) < 4.78 is 107. The van der Waals surface area contributed by atoms with E-state index in [-0.39, 0.29) is 144 Å². The van der Waals surface area contributed by atoms with Crippen LogP contribution in [0.5, 0.6) is 0 Å². The number of hydrogen-bond donors (Lipinski definition) is 4. The third-order valence-electron chi connectivity index (χ3n) is 15.5. The number of fused-ring (bicyclic) bond motifs is 4. The van der Waals surface area contributed by atoms with Crippen LogP contribution in [0, 0.1) is 97.3 Å². The van der Waals surface area contributed by atoms with E-state index in [0.717, 1.165) is 117 Å². The topological polar surface area (TPSA) is 201 Å². The van der Waals surface area contributed by atoms with Gasteiger partial charge in [0.2, 0.25) is 0 Å². The molecule has 12 rings (SSSR count). The zero-order valence-electron chi connectivity index (χ0n) is 82.7. The predicted molar refractivity (Wildman–Crippen MR) is 466 cm³/mol. The number of rotatable bonds is 14. The molecule has 0 amide bonds. The molecule has 0 aliphatic carbocycles. The first-order chi connectivity index (χ1) is 58.4. The van der Waals surface area contributed by atoms with E-state index in [1.54, 1.807) is 38.1 Å². The van der Waals surface area contributed by atoms with Crippen molar-refractivity contribution in [2.75, 3.05) is 0 Å². The minimum atomic E-state index is -2.37. The Balaban J connectivity index is 0.000000781. The number of nitrogens with zero attached hydrogens (tertiary/aromatic N) is 4. The first kappa shape index (κ1) is 82.0. The van der Waals surface area contributed by atoms with Crippen molar-refractivity contribution in [3.05, 3.63) is 309 Å². The fourth-order valence-corrected chi connectivity index (χ4v) is 11.5. The van der Waals surface area contributed by atoms with Gasteiger partial charge in [-0.15, -0.1) is 140 Å². The third-order valence-corrected chi connectivity index (χ3v) is 15.5. The predicted octanol–water partition coefficient (Wildman–Crippen LogP) is 25.0. The van der Waals surface area contributed by atoms with E-state index in [1.807, 2.05) is 150 Å². The van der Waals surface area contributed by atoms with Crippen LogP contribution in [0.4, 0.5) is 0 Å². The zero-order valence-corrected chi connectivity index (χ0v) is 78.3. The zero-order chi connectivity index (χ0) is 94.8. The number of carbonyl (C=O) groups is 4. The average molecular weight is 2280 g/mol. The molecule has 0 saturated carbocycles. The molecule has 3 atom stereocenters. The quantitative estimate of drug-likeness (QED) is 0.0457. The summed E-state index contributed by atoms with van der Waals surface area (Å²) in [5.41, 5.74) is 20.3. The molecule has 12 nitrogen and oxygen atoms in total. The summed E-state index contributed by atoms with van der Waals surface area (Å²) in [4.78, 5) is 58.9. The molecule has 4 radical (unpaired) electrons. The molecule has 3 unspecified atom stereocenters. The second-order valence-corrected chi connectivity index (χ2v) is 27.9. The van der Waals surface area contributed by atoms with Crippen molar-refractivity contribution in [3.8, 4) is 45.0 Å². The van der Waals surface area contributed by atoms with Crippen molar-refractivity contribution in [2.24, 2.45) is 17.8 Å². The van der Waals surface area contributed by atoms with Crippen LogP contribution in [0.3, 0.4) is 0 Å². The van der Waals surface area contributed by atoms with Gasteiger partial charge >= 0.3 is 0 Å². The van der Waals surface area contributed by atoms with E-state index in [2.05, 4.69) is 84.5 Å². The number of benzene rings is 8. The summed E-state index contributed by atoms with van der Waals surface area (Å²) in [7, 11) is 0. The van der Waals surface area contributed by atoms with Gasteiger partial charge < -0.3 is 20.4 Å². The van der Waals surface area contributed by atoms with E-state index in [0.29, 0.717) is 29.5 Å². The summed E-state index contributed by atoms with van der Waals surface area (Å²) in [6.07, 6.45) is 3.73. The largest absolute Gasteiger partial charge is 0.512 e. The molecule has 0 spiro atoms. The Kier molecular flexibility index (Phi) is 37.1. The van der Waals surface area contributed by atoms with E-state index < -0.39 is 39.7 Å². The molecule has 16 heteroatoms. The molecule has 8 aromatic carbocycles. The van der Waals surface area contributed by atoms with Crippen LogP contribution in [0.1, 0.15) is 177 Å². The van der Waals surface area contributed by atoms with Gasteiger partial charge in [-0.2, -0.15) is 0 Å². The SMILES string of the molecule is CC(=O)C=C(C)O.CC(=O)C=C(C)O.CC(=O)C=C(C)O.CC(=O)C=C(C)O.[2H]C([2H])([2H])C(C)C([2H])([2H])c1ccc2ccc(-c3[c-]c(C)cc(C)c3)nc2c1.[2H]C([2H])([2H])C(C)Cc1ccc2ccc(-c3[c-]c(C)cc(C)c3)nc2c1.[2H]C([2H])([2H])C(C)Cc1ccc2ccc(-c3[c-]c(C)cc(C)c3)nc2c1.[2H]C([2H])([2H])c1[c-]c(-c2ccc3ccccc3n2)cc(C)c1.[Ir].[Ir].[Ir].[Ir]. The van der Waals surface area contributed by atoms with Crippen LogP contribution in [0.15, 0.2) is 223 Å². The van der Waals surface area contributed by atoms with E-state index in [4.69, 9.17) is 49.6 Å². The summed E-state index contributed by atoms with van der Waals surface area (Å²) in [5.74, 6) is -2.12. The molecule has 4 N–H and O–H groups in total. The third kappa shape index (κ3) is 39.7. The number of carbonyl (C=O) groups excluding carboxylic acids is 4. The number of aryl methyl sites for hydroxylation is 8. The fourth-order valence-electron chi connectivity index (χ4n) is 11.5. The Morgan fingerprint density at radius 3 is 0.879 bits per heavy atom. The Hall–Kier alpha value is -9.16. The van der Waals surface area contributed by atoms with Crippen molar-refractivity contribution >= 4 is 66.7 Å². The Bertz CT molecular complexity index is 5630. The van der Waals surface area contributed by atoms with Crippen LogP contribution in [0.2, 0.25) is 0 Å². The van der Waals surface area contributed by atoms with Gasteiger partial charge in [-0.3, -0.25) is 39.1 Å². The van der Waals surface area contributed by atoms with Crippen molar-refractivity contribution in [3.63, 3.8) is 0 Å². The molecule has 12 aromatic rings. The molecule has 4 heterocycles. The molecular formula is C100H112Ir4N4O8-4. The van der Waals surface area contributed by atoms with Crippen LogP contribution in [-0.4, -0.2) is 63.5 Å². The van der Waals surface area contributed by atoms with Gasteiger partial charge in [-0.05, 0) is 178 Å². The maximum absolute atomic E-state index is 10.0. The van der Waals surface area contributed by atoms with Gasteiger partial charge in [0.25, 0.3) is 0 Å². The van der Waals surface area contributed by atoms with Crippen molar-refractivity contribution in [1.82, 2.24) is 19.9 Å². The standard InChI is InChI=1S/3C21H22N.C17H14N.4C5H8O2.4Ir/c3*1-14(2)9-17-5-6-18-7-8-20(22-21(18)13-17)19-11-15(3)10-16(4)12-19;1-12-9-13(2)11-15(10-12)17-8-7-14-5-3-4-6-16(14)18-17;4*1-4(6)3-5(2)7;;;;/h3*5-8,10-11,13-14H,9H2,1-4H3;3-10H,1-2H3;4*3,6H,1-2H3;;;;/q4*-1;;;;;;;;/i1D3,9D2;2*1D3;2D3;;;;;;;;. The maximum atomic E-state index is 10.0. The number of ketones is 4. The number of pyridine rings is 4. The van der Waals surface area contributed by atoms with Crippen molar-refractivity contribution < 1.29 is 139 Å². The maximum Gasteiger partial charge on any atom is 0.155 e. The van der Waals surface area contributed by atoms with Crippen LogP contribution >= 0.6 is 0 Å². The average Bonchev–Trinajstić information content (AvgIpc) is 0.776. The van der Waals surface area contributed by atoms with E-state index >= 15 is 0 Å². The van der Waals surface area contributed by atoms with Gasteiger partial charge in [-0.25, -0.2) is 0 Å². The van der Waals surface area contributed by atoms with Crippen molar-refractivity contribution in [2.45, 2.75) is 171 Å². The van der Waals surface area contributed by atoms with Gasteiger partial charge in [0.15, 0.2) is 23.1 Å². The van der Waals surface area contributed by atoms with Crippen molar-refractivity contribution in [1.29, 1.82) is 0 Å². The number of hydrogen-bond acceptors (Lipinski definition) is 12. The molecule has 4 aromatic heterocycles. The van der Waals surface area contributed by atoms with Crippen LogP contribution in [0.25, 0.3) is 88.6 Å². The number of allylic oxidation sites excluding steroid dienone is 8. The fraction of sp³-hybridized carbons (Fsp3) is 0.280. The van der Waals surface area contributed by atoms with E-state index in [1.165, 1.54) is 97.7 Å². The monoisotopic (exact) mass is 2280 g/mol. The smallest absolute Gasteiger partial charge is 0.155 e. The van der Waals surface area contributed by atoms with Crippen LogP contribution < -0.4 is 0 Å². The minimum Gasteiger partial charge on any atom is -0.512 e. The summed E-state index contributed by atoms with van der Waals surface area (Å²) in [6, 6.07) is 69.8. The molecule has 0 saturated heterocycles. The van der Waals surface area contributed by atoms with Gasteiger partial charge in [-0.1, -0.05) is 200 Å². The second kappa shape index (κ2) is 52.5. The number of aromatic nitrogens is 4. The minimum absolute atomic E-state index is 0. The van der Waals surface area contributed by atoms with E-state index in [9.17, 15) is 19.2 Å². The first-order valence-electron chi connectivity index (χ1n) is 43.5. The summed E-state index contributed by atoms with van der Waals surface area (Å²) >= 11 is 0. The Labute approximate surface area is 763 Å². The number of aliphatic hydroxyl groups excluding tert-OH is 4. The molecule has 0 aliphatic rings. The molecule has 0 bridgehead atoms. The van der Waals surface area contributed by atoms with Gasteiger partial charge in [0.05, 0.1) is 45.1 Å². The van der Waals surface area contributed by atoms with Gasteiger partial charge in [0.1, 0.15) is 0 Å². The normalized spacial score (nSPS) is 13.9. The first-order valence-corrected chi connectivity index (χ1v) is 36.5. The molecule has 116 heavy (non-hydrogen) atoms. The summed E-state index contributed by atoms with van der Waals surface area (Å²) in [6.45, 7) is 22.1. The molecule has 0 fully saturated rings. The van der Waals surface area contributed by atoms with Crippen LogP contribution in [-0.2, 0) is 119 Å². The second-order valence-electron chi connectivity index (χ2n) is 27.9.